The number of rotatable bonds is 3. The number of primary sulfonamides is 1. The molecule has 1 saturated heterocycles. The van der Waals surface area contributed by atoms with Gasteiger partial charge in [-0.05, 0) is 20.3 Å². The van der Waals surface area contributed by atoms with Crippen molar-refractivity contribution in [1.82, 2.24) is 4.98 Å². The van der Waals surface area contributed by atoms with Crippen LogP contribution in [0.25, 0.3) is 0 Å². The molecule has 0 aliphatic carbocycles. The Morgan fingerprint density at radius 1 is 1.58 bits per heavy atom. The number of amides is 1. The van der Waals surface area contributed by atoms with Crippen LogP contribution in [0.5, 0.6) is 0 Å². The van der Waals surface area contributed by atoms with Crippen molar-refractivity contribution >= 4 is 32.4 Å². The van der Waals surface area contributed by atoms with Crippen LogP contribution in [0, 0.1) is 12.8 Å². The van der Waals surface area contributed by atoms with Crippen LogP contribution in [0.3, 0.4) is 0 Å². The first-order valence-corrected chi connectivity index (χ1v) is 8.06. The molecule has 1 aliphatic rings. The molecule has 2 heterocycles. The largest absolute Gasteiger partial charge is 0.378 e. The Morgan fingerprint density at radius 3 is 2.74 bits per heavy atom. The van der Waals surface area contributed by atoms with Gasteiger partial charge < -0.3 is 10.1 Å². The molecule has 0 aromatic carbocycles. The molecule has 1 aromatic heterocycles. The Hall–Kier alpha value is -1.03. The van der Waals surface area contributed by atoms with E-state index in [0.29, 0.717) is 18.7 Å². The molecule has 3 N–H and O–H groups in total. The molecule has 1 aromatic rings. The van der Waals surface area contributed by atoms with Gasteiger partial charge >= 0.3 is 0 Å². The van der Waals surface area contributed by atoms with Crippen LogP contribution in [0.2, 0.25) is 0 Å². The second kappa shape index (κ2) is 5.16. The van der Waals surface area contributed by atoms with Crippen LogP contribution in [0.15, 0.2) is 4.21 Å². The fourth-order valence-corrected chi connectivity index (χ4v) is 3.77. The Labute approximate surface area is 115 Å². The number of aryl methyl sites for hydroxylation is 1. The highest BCUT2D eigenvalue weighted by Gasteiger charge is 2.29. The lowest BCUT2D eigenvalue weighted by atomic mass is 10.1. The molecule has 2 atom stereocenters. The van der Waals surface area contributed by atoms with Crippen molar-refractivity contribution in [1.29, 1.82) is 0 Å². The molecule has 1 amide bonds. The highest BCUT2D eigenvalue weighted by Crippen LogP contribution is 2.27. The summed E-state index contributed by atoms with van der Waals surface area (Å²) in [7, 11) is -3.80. The minimum atomic E-state index is -3.80. The van der Waals surface area contributed by atoms with Gasteiger partial charge in [0.1, 0.15) is 0 Å². The topological polar surface area (TPSA) is 111 Å². The highest BCUT2D eigenvalue weighted by molar-refractivity contribution is 7.91. The van der Waals surface area contributed by atoms with Gasteiger partial charge in [-0.2, -0.15) is 0 Å². The number of nitrogens with two attached hydrogens (primary N) is 1. The number of ether oxygens (including phenoxy) is 1. The van der Waals surface area contributed by atoms with Gasteiger partial charge in [-0.15, -0.1) is 0 Å². The second-order valence-electron chi connectivity index (χ2n) is 4.50. The minimum Gasteiger partial charge on any atom is -0.378 e. The number of aromatic nitrogens is 1. The summed E-state index contributed by atoms with van der Waals surface area (Å²) >= 11 is 0.858. The second-order valence-corrected chi connectivity index (χ2v) is 7.26. The molecular weight excluding hydrogens is 290 g/mol. The predicted octanol–water partition coefficient (Wildman–Crippen LogP) is 0.462. The lowest BCUT2D eigenvalue weighted by molar-refractivity contribution is -0.119. The normalized spacial score (nSPS) is 23.5. The third kappa shape index (κ3) is 3.30. The maximum absolute atomic E-state index is 11.9. The van der Waals surface area contributed by atoms with E-state index >= 15 is 0 Å². The summed E-state index contributed by atoms with van der Waals surface area (Å²) in [6.45, 7) is 3.81. The van der Waals surface area contributed by atoms with Crippen molar-refractivity contribution in [3.63, 3.8) is 0 Å². The van der Waals surface area contributed by atoms with Crippen molar-refractivity contribution in [3.05, 3.63) is 5.69 Å². The van der Waals surface area contributed by atoms with Gasteiger partial charge in [-0.1, -0.05) is 11.3 Å². The van der Waals surface area contributed by atoms with Crippen molar-refractivity contribution in [2.75, 3.05) is 11.9 Å². The zero-order chi connectivity index (χ0) is 14.2. The zero-order valence-electron chi connectivity index (χ0n) is 10.5. The van der Waals surface area contributed by atoms with Gasteiger partial charge in [0.25, 0.3) is 0 Å². The zero-order valence-corrected chi connectivity index (χ0v) is 12.2. The Kier molecular flexibility index (Phi) is 3.90. The maximum atomic E-state index is 11.9. The first kappa shape index (κ1) is 14.4. The number of nitrogens with one attached hydrogen (secondary N) is 1. The lowest BCUT2D eigenvalue weighted by Crippen LogP contribution is -2.22. The first-order chi connectivity index (χ1) is 8.77. The van der Waals surface area contributed by atoms with E-state index in [4.69, 9.17) is 9.88 Å². The molecule has 106 valence electrons. The number of nitrogens with zero attached hydrogens (tertiary/aromatic N) is 1. The molecule has 0 bridgehead atoms. The number of sulfonamides is 1. The number of carbonyl (C=O) groups is 1. The van der Waals surface area contributed by atoms with Gasteiger partial charge in [-0.25, -0.2) is 18.5 Å². The summed E-state index contributed by atoms with van der Waals surface area (Å²) in [5.41, 5.74) is 0.291. The quantitative estimate of drug-likeness (QED) is 0.842. The molecular formula is C10H15N3O4S2. The van der Waals surface area contributed by atoms with E-state index in [2.05, 4.69) is 10.3 Å². The summed E-state index contributed by atoms with van der Waals surface area (Å²) in [5, 5.41) is 7.90. The highest BCUT2D eigenvalue weighted by atomic mass is 32.2. The Morgan fingerprint density at radius 2 is 2.26 bits per heavy atom. The average Bonchev–Trinajstić information content (AvgIpc) is 2.84. The van der Waals surface area contributed by atoms with Crippen LogP contribution >= 0.6 is 11.3 Å². The lowest BCUT2D eigenvalue weighted by Gasteiger charge is -2.06. The summed E-state index contributed by atoms with van der Waals surface area (Å²) in [4.78, 5) is 15.9. The van der Waals surface area contributed by atoms with Crippen molar-refractivity contribution in [2.45, 2.75) is 30.6 Å². The number of anilines is 1. The van der Waals surface area contributed by atoms with Crippen LogP contribution < -0.4 is 10.5 Å². The Balaban J connectivity index is 2.10. The molecule has 0 saturated carbocycles. The standard InChI is InChI=1S/C10H15N3O4S2/c1-5-3-7(4-17-5)8(14)13-10-12-6(2)9(18-10)19(11,15)16/h5,7H,3-4H2,1-2H3,(H2,11,15,16)(H,12,13,14). The Bertz CT molecular complexity index is 596. The van der Waals surface area contributed by atoms with Gasteiger partial charge in [0.15, 0.2) is 9.34 Å². The summed E-state index contributed by atoms with van der Waals surface area (Å²) in [6, 6.07) is 0. The van der Waals surface area contributed by atoms with Crippen LogP contribution in [-0.4, -0.2) is 32.0 Å². The number of carbonyl (C=O) groups excluding carboxylic acids is 1. The van der Waals surface area contributed by atoms with Crippen molar-refractivity contribution in [3.8, 4) is 0 Å². The fraction of sp³-hybridized carbons (Fsp3) is 0.600. The van der Waals surface area contributed by atoms with Gasteiger partial charge in [-0.3, -0.25) is 4.79 Å². The van der Waals surface area contributed by atoms with E-state index in [1.165, 1.54) is 6.92 Å². The number of thiazole rings is 1. The monoisotopic (exact) mass is 305 g/mol. The van der Waals surface area contributed by atoms with E-state index in [1.54, 1.807) is 0 Å². The van der Waals surface area contributed by atoms with E-state index < -0.39 is 10.0 Å². The molecule has 1 fully saturated rings. The molecule has 7 nitrogen and oxygen atoms in total. The first-order valence-electron chi connectivity index (χ1n) is 5.70. The van der Waals surface area contributed by atoms with Gasteiger partial charge in [0.05, 0.1) is 24.3 Å². The molecule has 19 heavy (non-hydrogen) atoms. The van der Waals surface area contributed by atoms with E-state index in [9.17, 15) is 13.2 Å². The predicted molar refractivity (Wildman–Crippen MR) is 70.4 cm³/mol. The van der Waals surface area contributed by atoms with Crippen LogP contribution in [0.1, 0.15) is 19.0 Å². The third-order valence-corrected chi connectivity index (χ3v) is 5.44. The third-order valence-electron chi connectivity index (χ3n) is 2.81. The molecule has 2 unspecified atom stereocenters. The van der Waals surface area contributed by atoms with E-state index in [0.717, 1.165) is 11.3 Å². The fourth-order valence-electron chi connectivity index (χ4n) is 1.91. The minimum absolute atomic E-state index is 0.0289. The van der Waals surface area contributed by atoms with Crippen molar-refractivity contribution < 1.29 is 17.9 Å². The van der Waals surface area contributed by atoms with E-state index in [-0.39, 0.29) is 27.3 Å². The summed E-state index contributed by atoms with van der Waals surface area (Å²) < 4.78 is 27.8. The smallest absolute Gasteiger partial charge is 0.249 e. The van der Waals surface area contributed by atoms with Crippen molar-refractivity contribution in [2.24, 2.45) is 11.1 Å². The molecule has 1 aliphatic heterocycles. The molecule has 9 heteroatoms. The van der Waals surface area contributed by atoms with Gasteiger partial charge in [0, 0.05) is 0 Å². The summed E-state index contributed by atoms with van der Waals surface area (Å²) in [5.74, 6) is -0.434. The molecule has 2 rings (SSSR count). The van der Waals surface area contributed by atoms with Crippen LogP contribution in [0.4, 0.5) is 5.13 Å². The maximum Gasteiger partial charge on any atom is 0.249 e. The molecule has 0 spiro atoms. The summed E-state index contributed by atoms with van der Waals surface area (Å²) in [6.07, 6.45) is 0.715. The van der Waals surface area contributed by atoms with Gasteiger partial charge in [0.2, 0.25) is 15.9 Å². The average molecular weight is 305 g/mol. The van der Waals surface area contributed by atoms with Crippen LogP contribution in [-0.2, 0) is 19.6 Å². The molecule has 0 radical (unpaired) electrons. The van der Waals surface area contributed by atoms with E-state index in [1.807, 2.05) is 6.92 Å². The number of hydrogen-bond acceptors (Lipinski definition) is 6. The SMILES string of the molecule is Cc1nc(NC(=O)C2COC(C)C2)sc1S(N)(=O)=O. The number of hydrogen-bond donors (Lipinski definition) is 2.